The lowest BCUT2D eigenvalue weighted by Crippen LogP contribution is -2.37. The molecule has 0 heterocycles. The zero-order chi connectivity index (χ0) is 16.3. The lowest BCUT2D eigenvalue weighted by Gasteiger charge is -2.20. The maximum absolute atomic E-state index is 13.1. The van der Waals surface area contributed by atoms with E-state index in [0.717, 1.165) is 24.8 Å². The molecule has 3 heteroatoms. The van der Waals surface area contributed by atoms with Crippen LogP contribution in [-0.2, 0) is 10.2 Å². The van der Waals surface area contributed by atoms with Gasteiger partial charge in [0.05, 0.1) is 5.41 Å². The normalized spacial score (nSPS) is 16.6. The molecule has 1 amide bonds. The standard InChI is InChI=1S/C20H22FNO/c1-2-15(16-6-4-3-5-7-16)14-22-19(23)20(12-13-20)17-8-10-18(21)11-9-17/h3-11,15H,2,12-14H2,1H3,(H,22,23). The Morgan fingerprint density at radius 3 is 2.35 bits per heavy atom. The highest BCUT2D eigenvalue weighted by atomic mass is 19.1. The Kier molecular flexibility index (Phi) is 4.46. The molecule has 0 bridgehead atoms. The third-order valence-electron chi connectivity index (χ3n) is 4.85. The maximum Gasteiger partial charge on any atom is 0.230 e. The molecule has 1 N–H and O–H groups in total. The van der Waals surface area contributed by atoms with Gasteiger partial charge in [0.2, 0.25) is 5.91 Å². The Bertz CT molecular complexity index is 662. The summed E-state index contributed by atoms with van der Waals surface area (Å²) in [4.78, 5) is 12.7. The van der Waals surface area contributed by atoms with Gasteiger partial charge in [-0.1, -0.05) is 49.4 Å². The van der Waals surface area contributed by atoms with Crippen LogP contribution in [0.1, 0.15) is 43.2 Å². The number of halogens is 1. The predicted molar refractivity (Wildman–Crippen MR) is 89.8 cm³/mol. The van der Waals surface area contributed by atoms with E-state index in [-0.39, 0.29) is 11.7 Å². The summed E-state index contributed by atoms with van der Waals surface area (Å²) < 4.78 is 13.1. The molecule has 3 rings (SSSR count). The minimum absolute atomic E-state index is 0.0680. The maximum atomic E-state index is 13.1. The van der Waals surface area contributed by atoms with Crippen molar-refractivity contribution in [3.05, 3.63) is 71.5 Å². The molecule has 0 radical (unpaired) electrons. The van der Waals surface area contributed by atoms with Crippen LogP contribution >= 0.6 is 0 Å². The first-order valence-corrected chi connectivity index (χ1v) is 8.25. The van der Waals surface area contributed by atoms with Gasteiger partial charge in [0.25, 0.3) is 0 Å². The van der Waals surface area contributed by atoms with Gasteiger partial charge in [-0.3, -0.25) is 4.79 Å². The van der Waals surface area contributed by atoms with E-state index < -0.39 is 5.41 Å². The second-order valence-corrected chi connectivity index (χ2v) is 6.31. The molecule has 1 aliphatic carbocycles. The highest BCUT2D eigenvalue weighted by Gasteiger charge is 2.51. The summed E-state index contributed by atoms with van der Waals surface area (Å²) in [6.45, 7) is 2.78. The first-order chi connectivity index (χ1) is 11.2. The number of carbonyl (C=O) groups is 1. The lowest BCUT2D eigenvalue weighted by molar-refractivity contribution is -0.123. The Labute approximate surface area is 136 Å². The summed E-state index contributed by atoms with van der Waals surface area (Å²) in [5.74, 6) is 0.128. The summed E-state index contributed by atoms with van der Waals surface area (Å²) in [6, 6.07) is 16.6. The second kappa shape index (κ2) is 6.53. The topological polar surface area (TPSA) is 29.1 Å². The first kappa shape index (κ1) is 15.7. The van der Waals surface area contributed by atoms with E-state index in [0.29, 0.717) is 12.5 Å². The van der Waals surface area contributed by atoms with E-state index in [1.54, 1.807) is 12.1 Å². The predicted octanol–water partition coefficient (Wildman–Crippen LogP) is 4.17. The number of nitrogens with one attached hydrogen (secondary N) is 1. The van der Waals surface area contributed by atoms with E-state index in [1.165, 1.54) is 17.7 Å². The zero-order valence-corrected chi connectivity index (χ0v) is 13.4. The zero-order valence-electron chi connectivity index (χ0n) is 13.4. The van der Waals surface area contributed by atoms with E-state index in [2.05, 4.69) is 24.4 Å². The molecular weight excluding hydrogens is 289 g/mol. The van der Waals surface area contributed by atoms with Crippen LogP contribution in [0.3, 0.4) is 0 Å². The third-order valence-corrected chi connectivity index (χ3v) is 4.85. The number of benzene rings is 2. The van der Waals surface area contributed by atoms with Crippen LogP contribution in [0.4, 0.5) is 4.39 Å². The summed E-state index contributed by atoms with van der Waals surface area (Å²) >= 11 is 0. The van der Waals surface area contributed by atoms with Gasteiger partial charge in [-0.15, -0.1) is 0 Å². The summed E-state index contributed by atoms with van der Waals surface area (Å²) in [5.41, 5.74) is 1.73. The average molecular weight is 311 g/mol. The Morgan fingerprint density at radius 1 is 1.13 bits per heavy atom. The monoisotopic (exact) mass is 311 g/mol. The van der Waals surface area contributed by atoms with Gasteiger partial charge in [0.15, 0.2) is 0 Å². The van der Waals surface area contributed by atoms with Gasteiger partial charge in [0, 0.05) is 12.5 Å². The van der Waals surface area contributed by atoms with Crippen molar-refractivity contribution in [1.29, 1.82) is 0 Å². The van der Waals surface area contributed by atoms with Crippen molar-refractivity contribution in [3.8, 4) is 0 Å². The highest BCUT2D eigenvalue weighted by Crippen LogP contribution is 2.48. The van der Waals surface area contributed by atoms with Crippen LogP contribution in [0, 0.1) is 5.82 Å². The third kappa shape index (κ3) is 3.29. The van der Waals surface area contributed by atoms with Gasteiger partial charge < -0.3 is 5.32 Å². The van der Waals surface area contributed by atoms with Crippen LogP contribution in [-0.4, -0.2) is 12.5 Å². The average Bonchev–Trinajstić information content (AvgIpc) is 3.39. The van der Waals surface area contributed by atoms with Crippen LogP contribution in [0.2, 0.25) is 0 Å². The van der Waals surface area contributed by atoms with Crippen molar-refractivity contribution < 1.29 is 9.18 Å². The van der Waals surface area contributed by atoms with Crippen molar-refractivity contribution in [2.75, 3.05) is 6.54 Å². The van der Waals surface area contributed by atoms with E-state index in [1.807, 2.05) is 18.2 Å². The van der Waals surface area contributed by atoms with Crippen LogP contribution < -0.4 is 5.32 Å². The number of hydrogen-bond donors (Lipinski definition) is 1. The molecule has 1 unspecified atom stereocenters. The molecule has 0 saturated heterocycles. The Hall–Kier alpha value is -2.16. The highest BCUT2D eigenvalue weighted by molar-refractivity contribution is 5.91. The van der Waals surface area contributed by atoms with E-state index in [9.17, 15) is 9.18 Å². The second-order valence-electron chi connectivity index (χ2n) is 6.31. The van der Waals surface area contributed by atoms with Crippen molar-refractivity contribution >= 4 is 5.91 Å². The number of hydrogen-bond acceptors (Lipinski definition) is 1. The lowest BCUT2D eigenvalue weighted by atomic mass is 9.93. The first-order valence-electron chi connectivity index (χ1n) is 8.25. The number of rotatable bonds is 6. The van der Waals surface area contributed by atoms with Crippen molar-refractivity contribution in [3.63, 3.8) is 0 Å². The molecule has 23 heavy (non-hydrogen) atoms. The minimum Gasteiger partial charge on any atom is -0.355 e. The Morgan fingerprint density at radius 2 is 1.78 bits per heavy atom. The summed E-state index contributed by atoms with van der Waals surface area (Å²) in [7, 11) is 0. The van der Waals surface area contributed by atoms with Gasteiger partial charge >= 0.3 is 0 Å². The summed E-state index contributed by atoms with van der Waals surface area (Å²) in [5, 5.41) is 3.12. The number of amides is 1. The molecule has 1 aliphatic rings. The molecule has 2 nitrogen and oxygen atoms in total. The molecule has 1 fully saturated rings. The molecule has 1 atom stereocenters. The largest absolute Gasteiger partial charge is 0.355 e. The molecule has 0 aliphatic heterocycles. The number of carbonyl (C=O) groups excluding carboxylic acids is 1. The molecule has 0 aromatic heterocycles. The molecule has 1 saturated carbocycles. The van der Waals surface area contributed by atoms with E-state index >= 15 is 0 Å². The molecular formula is C20H22FNO. The van der Waals surface area contributed by atoms with Gasteiger partial charge in [-0.25, -0.2) is 4.39 Å². The van der Waals surface area contributed by atoms with Crippen LogP contribution in [0.15, 0.2) is 54.6 Å². The SMILES string of the molecule is CCC(CNC(=O)C1(c2ccc(F)cc2)CC1)c1ccccc1. The van der Waals surface area contributed by atoms with Gasteiger partial charge in [-0.05, 0) is 42.5 Å². The van der Waals surface area contributed by atoms with Gasteiger partial charge in [0.1, 0.15) is 5.82 Å². The fraction of sp³-hybridized carbons (Fsp3) is 0.350. The Balaban J connectivity index is 1.66. The van der Waals surface area contributed by atoms with Crippen molar-refractivity contribution in [1.82, 2.24) is 5.32 Å². The molecule has 2 aromatic rings. The van der Waals surface area contributed by atoms with Gasteiger partial charge in [-0.2, -0.15) is 0 Å². The molecule has 0 spiro atoms. The van der Waals surface area contributed by atoms with Crippen LogP contribution in [0.5, 0.6) is 0 Å². The quantitative estimate of drug-likeness (QED) is 0.852. The van der Waals surface area contributed by atoms with Crippen molar-refractivity contribution in [2.24, 2.45) is 0 Å². The fourth-order valence-corrected chi connectivity index (χ4v) is 3.15. The smallest absolute Gasteiger partial charge is 0.230 e. The molecule has 2 aromatic carbocycles. The molecule has 120 valence electrons. The summed E-state index contributed by atoms with van der Waals surface area (Å²) in [6.07, 6.45) is 2.66. The van der Waals surface area contributed by atoms with E-state index in [4.69, 9.17) is 0 Å². The fourth-order valence-electron chi connectivity index (χ4n) is 3.15. The van der Waals surface area contributed by atoms with Crippen LogP contribution in [0.25, 0.3) is 0 Å². The minimum atomic E-state index is -0.442. The van der Waals surface area contributed by atoms with Crippen molar-refractivity contribution in [2.45, 2.75) is 37.5 Å².